The summed E-state index contributed by atoms with van der Waals surface area (Å²) in [7, 11) is 0. The van der Waals surface area contributed by atoms with Crippen LogP contribution in [0.3, 0.4) is 0 Å². The monoisotopic (exact) mass is 432 g/mol. The Morgan fingerprint density at radius 1 is 1.24 bits per heavy atom. The SMILES string of the molecule is C/C(=N/NC(=O)c1ccc(Cl)cc1Cl)c1nnn(-c2cccc([N+](=O)[O-])c2)c1C. The van der Waals surface area contributed by atoms with Gasteiger partial charge in [0.1, 0.15) is 5.69 Å². The zero-order valence-electron chi connectivity index (χ0n) is 15.3. The molecule has 11 heteroatoms. The summed E-state index contributed by atoms with van der Waals surface area (Å²) in [5.74, 6) is -0.505. The number of hydrogen-bond donors (Lipinski definition) is 1. The quantitative estimate of drug-likeness (QED) is 0.372. The number of nitro benzene ring substituents is 1. The van der Waals surface area contributed by atoms with E-state index in [4.69, 9.17) is 23.2 Å². The normalized spacial score (nSPS) is 11.4. The predicted molar refractivity (Wildman–Crippen MR) is 109 cm³/mol. The Morgan fingerprint density at radius 2 is 2.00 bits per heavy atom. The zero-order chi connectivity index (χ0) is 21.1. The van der Waals surface area contributed by atoms with Crippen molar-refractivity contribution in [3.63, 3.8) is 0 Å². The smallest absolute Gasteiger partial charge is 0.267 e. The van der Waals surface area contributed by atoms with E-state index in [9.17, 15) is 14.9 Å². The summed E-state index contributed by atoms with van der Waals surface area (Å²) in [6.07, 6.45) is 0. The van der Waals surface area contributed by atoms with Gasteiger partial charge in [-0.2, -0.15) is 5.10 Å². The minimum Gasteiger partial charge on any atom is -0.267 e. The number of rotatable bonds is 5. The molecular formula is C18H14Cl2N6O3. The summed E-state index contributed by atoms with van der Waals surface area (Å²) in [5.41, 5.74) is 4.50. The third-order valence-corrected chi connectivity index (χ3v) is 4.57. The van der Waals surface area contributed by atoms with Gasteiger partial charge in [0, 0.05) is 17.2 Å². The molecule has 0 aliphatic heterocycles. The Kier molecular flexibility index (Phi) is 5.90. The second-order valence-corrected chi connectivity index (χ2v) is 6.82. The number of aromatic nitrogens is 3. The van der Waals surface area contributed by atoms with Gasteiger partial charge >= 0.3 is 0 Å². The standard InChI is InChI=1S/C18H14Cl2N6O3/c1-10(21-23-18(27)15-7-6-12(19)8-16(15)20)17-11(2)25(24-22-17)13-4-3-5-14(9-13)26(28)29/h3-9H,1-2H3,(H,23,27)/b21-10-. The van der Waals surface area contributed by atoms with Gasteiger partial charge in [-0.3, -0.25) is 14.9 Å². The largest absolute Gasteiger partial charge is 0.272 e. The minimum absolute atomic E-state index is 0.0588. The van der Waals surface area contributed by atoms with Crippen molar-refractivity contribution in [1.82, 2.24) is 20.4 Å². The van der Waals surface area contributed by atoms with Gasteiger partial charge < -0.3 is 0 Å². The highest BCUT2D eigenvalue weighted by Crippen LogP contribution is 2.21. The van der Waals surface area contributed by atoms with E-state index in [1.54, 1.807) is 32.0 Å². The zero-order valence-corrected chi connectivity index (χ0v) is 16.8. The molecule has 0 fully saturated rings. The highest BCUT2D eigenvalue weighted by Gasteiger charge is 2.16. The maximum absolute atomic E-state index is 12.3. The van der Waals surface area contributed by atoms with E-state index < -0.39 is 10.8 Å². The molecular weight excluding hydrogens is 419 g/mol. The van der Waals surface area contributed by atoms with E-state index in [0.717, 1.165) is 0 Å². The molecule has 0 spiro atoms. The van der Waals surface area contributed by atoms with E-state index in [1.165, 1.54) is 28.9 Å². The maximum atomic E-state index is 12.3. The number of carbonyl (C=O) groups is 1. The lowest BCUT2D eigenvalue weighted by atomic mass is 10.2. The molecule has 3 aromatic rings. The Bertz CT molecular complexity index is 1140. The fourth-order valence-corrected chi connectivity index (χ4v) is 3.06. The molecule has 1 aromatic heterocycles. The van der Waals surface area contributed by atoms with Crippen molar-refractivity contribution >= 4 is 40.5 Å². The first-order chi connectivity index (χ1) is 13.8. The van der Waals surface area contributed by atoms with Crippen LogP contribution in [0.1, 0.15) is 28.7 Å². The highest BCUT2D eigenvalue weighted by atomic mass is 35.5. The van der Waals surface area contributed by atoms with Crippen molar-refractivity contribution in [1.29, 1.82) is 0 Å². The first-order valence-electron chi connectivity index (χ1n) is 8.25. The third-order valence-electron chi connectivity index (χ3n) is 4.02. The van der Waals surface area contributed by atoms with Gasteiger partial charge in [-0.1, -0.05) is 34.5 Å². The van der Waals surface area contributed by atoms with E-state index in [-0.39, 0.29) is 16.3 Å². The predicted octanol–water partition coefficient (Wildman–Crippen LogP) is 3.94. The molecule has 3 rings (SSSR count). The van der Waals surface area contributed by atoms with Crippen LogP contribution in [0.5, 0.6) is 0 Å². The molecule has 0 saturated heterocycles. The Hall–Kier alpha value is -3.30. The molecule has 0 saturated carbocycles. The first kappa shape index (κ1) is 20.4. The molecule has 0 aliphatic carbocycles. The summed E-state index contributed by atoms with van der Waals surface area (Å²) >= 11 is 11.8. The molecule has 148 valence electrons. The summed E-state index contributed by atoms with van der Waals surface area (Å²) in [4.78, 5) is 22.8. The van der Waals surface area contributed by atoms with Gasteiger partial charge in [-0.25, -0.2) is 10.1 Å². The molecule has 0 aliphatic rings. The number of amides is 1. The van der Waals surface area contributed by atoms with Gasteiger partial charge in [0.15, 0.2) is 0 Å². The molecule has 2 aromatic carbocycles. The average Bonchev–Trinajstić information content (AvgIpc) is 3.07. The lowest BCUT2D eigenvalue weighted by molar-refractivity contribution is -0.384. The molecule has 9 nitrogen and oxygen atoms in total. The molecule has 0 unspecified atom stereocenters. The Morgan fingerprint density at radius 3 is 2.69 bits per heavy atom. The number of nitrogens with one attached hydrogen (secondary N) is 1. The number of hydrazone groups is 1. The Labute approximate surface area is 175 Å². The third kappa shape index (κ3) is 4.41. The van der Waals surface area contributed by atoms with E-state index in [0.29, 0.717) is 27.8 Å². The van der Waals surface area contributed by atoms with E-state index in [1.807, 2.05) is 0 Å². The van der Waals surface area contributed by atoms with Crippen LogP contribution in [0, 0.1) is 17.0 Å². The summed E-state index contributed by atoms with van der Waals surface area (Å²) in [6.45, 7) is 3.39. The van der Waals surface area contributed by atoms with Crippen LogP contribution in [0.4, 0.5) is 5.69 Å². The van der Waals surface area contributed by atoms with Crippen LogP contribution in [-0.4, -0.2) is 31.5 Å². The van der Waals surface area contributed by atoms with Gasteiger partial charge in [0.25, 0.3) is 11.6 Å². The van der Waals surface area contributed by atoms with Gasteiger partial charge in [0.05, 0.1) is 32.6 Å². The van der Waals surface area contributed by atoms with Crippen molar-refractivity contribution in [3.05, 3.63) is 79.6 Å². The highest BCUT2D eigenvalue weighted by molar-refractivity contribution is 6.36. The molecule has 1 N–H and O–H groups in total. The molecule has 0 atom stereocenters. The second kappa shape index (κ2) is 8.38. The topological polar surface area (TPSA) is 115 Å². The van der Waals surface area contributed by atoms with Crippen LogP contribution in [0.15, 0.2) is 47.6 Å². The van der Waals surface area contributed by atoms with Crippen LogP contribution in [0.25, 0.3) is 5.69 Å². The Balaban J connectivity index is 1.83. The number of carbonyl (C=O) groups excluding carboxylic acids is 1. The molecule has 29 heavy (non-hydrogen) atoms. The van der Waals surface area contributed by atoms with Crippen LogP contribution in [0.2, 0.25) is 10.0 Å². The number of halogens is 2. The fraction of sp³-hybridized carbons (Fsp3) is 0.111. The average molecular weight is 433 g/mol. The fourth-order valence-electron chi connectivity index (χ4n) is 2.57. The number of hydrogen-bond acceptors (Lipinski definition) is 6. The summed E-state index contributed by atoms with van der Waals surface area (Å²) in [6, 6.07) is 10.5. The van der Waals surface area contributed by atoms with Crippen LogP contribution >= 0.6 is 23.2 Å². The first-order valence-corrected chi connectivity index (χ1v) is 9.00. The lowest BCUT2D eigenvalue weighted by Gasteiger charge is -2.05. The van der Waals surface area contributed by atoms with Crippen molar-refractivity contribution in [2.45, 2.75) is 13.8 Å². The summed E-state index contributed by atoms with van der Waals surface area (Å²) in [5, 5.41) is 23.7. The van der Waals surface area contributed by atoms with Crippen LogP contribution < -0.4 is 5.43 Å². The molecule has 1 amide bonds. The van der Waals surface area contributed by atoms with Crippen molar-refractivity contribution in [3.8, 4) is 5.69 Å². The number of benzene rings is 2. The second-order valence-electron chi connectivity index (χ2n) is 5.97. The van der Waals surface area contributed by atoms with Crippen molar-refractivity contribution < 1.29 is 9.72 Å². The number of non-ortho nitro benzene ring substituents is 1. The van der Waals surface area contributed by atoms with E-state index >= 15 is 0 Å². The number of nitrogens with zero attached hydrogens (tertiary/aromatic N) is 5. The molecule has 1 heterocycles. The minimum atomic E-state index is -0.505. The van der Waals surface area contributed by atoms with E-state index in [2.05, 4.69) is 20.8 Å². The van der Waals surface area contributed by atoms with Gasteiger partial charge in [-0.15, -0.1) is 5.10 Å². The summed E-state index contributed by atoms with van der Waals surface area (Å²) < 4.78 is 1.46. The lowest BCUT2D eigenvalue weighted by Crippen LogP contribution is -2.20. The van der Waals surface area contributed by atoms with Crippen LogP contribution in [-0.2, 0) is 0 Å². The van der Waals surface area contributed by atoms with Crippen molar-refractivity contribution in [2.75, 3.05) is 0 Å². The van der Waals surface area contributed by atoms with Gasteiger partial charge in [-0.05, 0) is 38.1 Å². The maximum Gasteiger partial charge on any atom is 0.272 e. The molecule has 0 bridgehead atoms. The molecule has 0 radical (unpaired) electrons. The number of nitro groups is 1. The van der Waals surface area contributed by atoms with Gasteiger partial charge in [0.2, 0.25) is 0 Å². The van der Waals surface area contributed by atoms with Crippen molar-refractivity contribution in [2.24, 2.45) is 5.10 Å².